The lowest BCUT2D eigenvalue weighted by Crippen LogP contribution is -2.37. The van der Waals surface area contributed by atoms with Gasteiger partial charge >= 0.3 is 6.03 Å². The van der Waals surface area contributed by atoms with Gasteiger partial charge in [0, 0.05) is 26.8 Å². The quantitative estimate of drug-likeness (QED) is 0.469. The third kappa shape index (κ3) is 7.30. The summed E-state index contributed by atoms with van der Waals surface area (Å²) in [5.41, 5.74) is 0. The van der Waals surface area contributed by atoms with Crippen LogP contribution in [-0.4, -0.2) is 44.6 Å². The number of carbonyl (C=O) groups excluding carboxylic acids is 1. The molecule has 0 saturated carbocycles. The van der Waals surface area contributed by atoms with E-state index in [1.54, 1.807) is 7.11 Å². The van der Waals surface area contributed by atoms with Gasteiger partial charge in [-0.05, 0) is 6.42 Å². The molecule has 0 unspecified atom stereocenters. The predicted octanol–water partition coefficient (Wildman–Crippen LogP) is -0.686. The summed E-state index contributed by atoms with van der Waals surface area (Å²) in [6.45, 7) is 1.48. The number of ether oxygens (including phenoxy) is 1. The molecule has 0 aliphatic rings. The molecule has 0 saturated heterocycles. The average Bonchev–Trinajstić information content (AvgIpc) is 2.09. The molecule has 72 valence electrons. The largest absolute Gasteiger partial charge is 0.395 e. The molecule has 5 heteroatoms. The summed E-state index contributed by atoms with van der Waals surface area (Å²) >= 11 is 0. The number of urea groups is 1. The monoisotopic (exact) mass is 176 g/mol. The Kier molecular flexibility index (Phi) is 7.73. The summed E-state index contributed by atoms with van der Waals surface area (Å²) in [7, 11) is 1.62. The van der Waals surface area contributed by atoms with Crippen LogP contribution >= 0.6 is 0 Å². The molecule has 0 aliphatic carbocycles. The minimum Gasteiger partial charge on any atom is -0.395 e. The number of hydrogen-bond donors (Lipinski definition) is 3. The first-order valence-electron chi connectivity index (χ1n) is 3.92. The topological polar surface area (TPSA) is 70.6 Å². The van der Waals surface area contributed by atoms with E-state index in [1.807, 2.05) is 0 Å². The fraction of sp³-hybridized carbons (Fsp3) is 0.857. The fourth-order valence-electron chi connectivity index (χ4n) is 0.650. The van der Waals surface area contributed by atoms with Gasteiger partial charge in [-0.1, -0.05) is 0 Å². The number of hydrogen-bond acceptors (Lipinski definition) is 3. The molecule has 0 aliphatic heterocycles. The van der Waals surface area contributed by atoms with Gasteiger partial charge in [-0.3, -0.25) is 0 Å². The van der Waals surface area contributed by atoms with Crippen molar-refractivity contribution in [3.63, 3.8) is 0 Å². The zero-order chi connectivity index (χ0) is 9.23. The Bertz CT molecular complexity index is 119. The minimum atomic E-state index is -0.250. The van der Waals surface area contributed by atoms with Crippen molar-refractivity contribution >= 4 is 6.03 Å². The predicted molar refractivity (Wildman–Crippen MR) is 45.0 cm³/mol. The molecular weight excluding hydrogens is 160 g/mol. The summed E-state index contributed by atoms with van der Waals surface area (Å²) in [6, 6.07) is -0.250. The van der Waals surface area contributed by atoms with Crippen LogP contribution in [0.15, 0.2) is 0 Å². The van der Waals surface area contributed by atoms with E-state index in [-0.39, 0.29) is 19.2 Å². The zero-order valence-corrected chi connectivity index (χ0v) is 7.30. The molecule has 0 fully saturated rings. The van der Waals surface area contributed by atoms with Gasteiger partial charge in [-0.2, -0.15) is 0 Å². The number of aliphatic hydroxyl groups is 1. The summed E-state index contributed by atoms with van der Waals surface area (Å²) in [5, 5.41) is 13.4. The van der Waals surface area contributed by atoms with E-state index in [0.29, 0.717) is 13.2 Å². The maximum Gasteiger partial charge on any atom is 0.314 e. The molecule has 0 spiro atoms. The highest BCUT2D eigenvalue weighted by Crippen LogP contribution is 1.76. The van der Waals surface area contributed by atoms with Gasteiger partial charge in [-0.15, -0.1) is 0 Å². The van der Waals surface area contributed by atoms with E-state index in [0.717, 1.165) is 6.42 Å². The lowest BCUT2D eigenvalue weighted by atomic mass is 10.4. The van der Waals surface area contributed by atoms with E-state index in [4.69, 9.17) is 9.84 Å². The third-order valence-corrected chi connectivity index (χ3v) is 1.21. The highest BCUT2D eigenvalue weighted by molar-refractivity contribution is 5.73. The molecule has 0 aromatic carbocycles. The second kappa shape index (κ2) is 8.29. The molecule has 0 aromatic heterocycles. The summed E-state index contributed by atoms with van der Waals surface area (Å²) in [5.74, 6) is 0. The molecule has 0 heterocycles. The fourth-order valence-corrected chi connectivity index (χ4v) is 0.650. The molecule has 0 aromatic rings. The molecular formula is C7H16N2O3. The van der Waals surface area contributed by atoms with Gasteiger partial charge in [0.1, 0.15) is 0 Å². The normalized spacial score (nSPS) is 9.50. The Morgan fingerprint density at radius 2 is 2.08 bits per heavy atom. The van der Waals surface area contributed by atoms with Crippen molar-refractivity contribution in [3.05, 3.63) is 0 Å². The average molecular weight is 176 g/mol. The SMILES string of the molecule is COCCCNC(=O)NCCO. The van der Waals surface area contributed by atoms with Crippen molar-refractivity contribution in [2.45, 2.75) is 6.42 Å². The number of nitrogens with one attached hydrogen (secondary N) is 2. The molecule has 12 heavy (non-hydrogen) atoms. The van der Waals surface area contributed by atoms with Crippen LogP contribution in [-0.2, 0) is 4.74 Å². The Morgan fingerprint density at radius 1 is 1.42 bits per heavy atom. The molecule has 5 nitrogen and oxygen atoms in total. The molecule has 3 N–H and O–H groups in total. The van der Waals surface area contributed by atoms with E-state index in [9.17, 15) is 4.79 Å². The van der Waals surface area contributed by atoms with E-state index in [2.05, 4.69) is 10.6 Å². The Hall–Kier alpha value is -0.810. The number of carbonyl (C=O) groups is 1. The molecule has 0 bridgehead atoms. The third-order valence-electron chi connectivity index (χ3n) is 1.21. The first-order valence-corrected chi connectivity index (χ1v) is 3.92. The van der Waals surface area contributed by atoms with Crippen LogP contribution in [0.2, 0.25) is 0 Å². The zero-order valence-electron chi connectivity index (χ0n) is 7.30. The van der Waals surface area contributed by atoms with Crippen molar-refractivity contribution in [2.75, 3.05) is 33.4 Å². The molecule has 0 atom stereocenters. The summed E-state index contributed by atoms with van der Waals surface area (Å²) in [6.07, 6.45) is 0.795. The van der Waals surface area contributed by atoms with Crippen molar-refractivity contribution < 1.29 is 14.6 Å². The van der Waals surface area contributed by atoms with Gasteiger partial charge in [0.25, 0.3) is 0 Å². The maximum atomic E-state index is 10.8. The van der Waals surface area contributed by atoms with Crippen molar-refractivity contribution in [3.8, 4) is 0 Å². The smallest absolute Gasteiger partial charge is 0.314 e. The number of amides is 2. The van der Waals surface area contributed by atoms with Gasteiger partial charge in [-0.25, -0.2) is 4.79 Å². The maximum absolute atomic E-state index is 10.8. The second-order valence-corrected chi connectivity index (χ2v) is 2.25. The first-order chi connectivity index (χ1) is 5.81. The lowest BCUT2D eigenvalue weighted by molar-refractivity contribution is 0.193. The van der Waals surface area contributed by atoms with Crippen LogP contribution in [0.4, 0.5) is 4.79 Å². The number of aliphatic hydroxyl groups excluding tert-OH is 1. The second-order valence-electron chi connectivity index (χ2n) is 2.25. The minimum absolute atomic E-state index is 0.0362. The number of rotatable bonds is 6. The van der Waals surface area contributed by atoms with Gasteiger partial charge < -0.3 is 20.5 Å². The van der Waals surface area contributed by atoms with Crippen LogP contribution in [0, 0.1) is 0 Å². The van der Waals surface area contributed by atoms with E-state index >= 15 is 0 Å². The van der Waals surface area contributed by atoms with Crippen molar-refractivity contribution in [1.29, 1.82) is 0 Å². The van der Waals surface area contributed by atoms with Gasteiger partial charge in [0.2, 0.25) is 0 Å². The Balaban J connectivity index is 3.08. The highest BCUT2D eigenvalue weighted by atomic mass is 16.5. The first kappa shape index (κ1) is 11.2. The summed E-state index contributed by atoms with van der Waals surface area (Å²) < 4.78 is 4.79. The van der Waals surface area contributed by atoms with Crippen LogP contribution < -0.4 is 10.6 Å². The van der Waals surface area contributed by atoms with Gasteiger partial charge in [0.05, 0.1) is 6.61 Å². The summed E-state index contributed by atoms with van der Waals surface area (Å²) in [4.78, 5) is 10.8. The number of methoxy groups -OCH3 is 1. The van der Waals surface area contributed by atoms with Crippen molar-refractivity contribution in [2.24, 2.45) is 0 Å². The van der Waals surface area contributed by atoms with E-state index < -0.39 is 0 Å². The van der Waals surface area contributed by atoms with Gasteiger partial charge in [0.15, 0.2) is 0 Å². The Labute approximate surface area is 72.1 Å². The van der Waals surface area contributed by atoms with Crippen LogP contribution in [0.5, 0.6) is 0 Å². The Morgan fingerprint density at radius 3 is 2.67 bits per heavy atom. The molecule has 0 radical (unpaired) electrons. The standard InChI is InChI=1S/C7H16N2O3/c1-12-6-2-3-8-7(11)9-4-5-10/h10H,2-6H2,1H3,(H2,8,9,11). The van der Waals surface area contributed by atoms with Crippen LogP contribution in [0.3, 0.4) is 0 Å². The molecule has 2 amide bonds. The molecule has 0 rings (SSSR count). The van der Waals surface area contributed by atoms with E-state index in [1.165, 1.54) is 0 Å². The highest BCUT2D eigenvalue weighted by Gasteiger charge is 1.95. The van der Waals surface area contributed by atoms with Crippen LogP contribution in [0.1, 0.15) is 6.42 Å². The van der Waals surface area contributed by atoms with Crippen LogP contribution in [0.25, 0.3) is 0 Å². The van der Waals surface area contributed by atoms with Crippen molar-refractivity contribution in [1.82, 2.24) is 10.6 Å². The lowest BCUT2D eigenvalue weighted by Gasteiger charge is -2.05.